The van der Waals surface area contributed by atoms with Crippen molar-refractivity contribution in [3.63, 3.8) is 0 Å². The quantitative estimate of drug-likeness (QED) is 0.211. The molecule has 0 atom stereocenters. The molecule has 4 aromatic rings. The van der Waals surface area contributed by atoms with Crippen molar-refractivity contribution in [2.75, 3.05) is 44.0 Å². The molecule has 218 valence electrons. The molecule has 0 unspecified atom stereocenters. The van der Waals surface area contributed by atoms with Gasteiger partial charge in [0.1, 0.15) is 0 Å². The Kier molecular flexibility index (Phi) is 9.32. The summed E-state index contributed by atoms with van der Waals surface area (Å²) in [6, 6.07) is 22.5. The minimum absolute atomic E-state index is 0.0569. The SMILES string of the molecule is CCOC(=O)c1ccc(NC(=O)CSc2nnc(-c3ccc(S(=O)(=O)N4CCOCC4)cc3)n2-c2ccccc2)cc1. The van der Waals surface area contributed by atoms with Crippen molar-refractivity contribution in [3.8, 4) is 17.1 Å². The van der Waals surface area contributed by atoms with Crippen molar-refractivity contribution < 1.29 is 27.5 Å². The van der Waals surface area contributed by atoms with Crippen molar-refractivity contribution in [2.24, 2.45) is 0 Å². The predicted molar refractivity (Wildman–Crippen MR) is 158 cm³/mol. The third-order valence-electron chi connectivity index (χ3n) is 6.38. The normalized spacial score (nSPS) is 13.9. The summed E-state index contributed by atoms with van der Waals surface area (Å²) in [5.74, 6) is -0.114. The maximum atomic E-state index is 13.1. The standard InChI is InChI=1S/C29H29N5O6S2/c1-2-40-28(36)22-8-12-23(13-9-22)30-26(35)20-41-29-32-31-27(34(29)24-6-4-3-5-7-24)21-10-14-25(15-11-21)42(37,38)33-16-18-39-19-17-33/h3-15H,2,16-20H2,1H3,(H,30,35). The van der Waals surface area contributed by atoms with Gasteiger partial charge in [-0.25, -0.2) is 13.2 Å². The Morgan fingerprint density at radius 3 is 2.31 bits per heavy atom. The molecule has 1 amide bonds. The van der Waals surface area contributed by atoms with E-state index in [4.69, 9.17) is 9.47 Å². The number of aromatic nitrogens is 3. The topological polar surface area (TPSA) is 133 Å². The zero-order valence-corrected chi connectivity index (χ0v) is 24.4. The van der Waals surface area contributed by atoms with Gasteiger partial charge in [-0.05, 0) is 67.6 Å². The lowest BCUT2D eigenvalue weighted by atomic mass is 10.2. The van der Waals surface area contributed by atoms with Gasteiger partial charge in [-0.15, -0.1) is 10.2 Å². The first-order valence-corrected chi connectivity index (χ1v) is 15.7. The van der Waals surface area contributed by atoms with Crippen LogP contribution in [0.4, 0.5) is 5.69 Å². The van der Waals surface area contributed by atoms with E-state index in [9.17, 15) is 18.0 Å². The third-order valence-corrected chi connectivity index (χ3v) is 9.22. The highest BCUT2D eigenvalue weighted by Crippen LogP contribution is 2.29. The molecule has 0 radical (unpaired) electrons. The van der Waals surface area contributed by atoms with Crippen LogP contribution < -0.4 is 5.32 Å². The molecule has 1 aliphatic rings. The van der Waals surface area contributed by atoms with E-state index in [1.54, 1.807) is 55.5 Å². The van der Waals surface area contributed by atoms with Gasteiger partial charge in [0.05, 0.1) is 36.0 Å². The lowest BCUT2D eigenvalue weighted by Gasteiger charge is -2.26. The number of benzene rings is 3. The molecule has 0 spiro atoms. The number of ether oxygens (including phenoxy) is 2. The molecule has 1 N–H and O–H groups in total. The van der Waals surface area contributed by atoms with Gasteiger partial charge < -0.3 is 14.8 Å². The number of carbonyl (C=O) groups is 2. The fraction of sp³-hybridized carbons (Fsp3) is 0.241. The number of nitrogens with one attached hydrogen (secondary N) is 1. The van der Waals surface area contributed by atoms with Gasteiger partial charge in [-0.3, -0.25) is 9.36 Å². The Morgan fingerprint density at radius 2 is 1.64 bits per heavy atom. The van der Waals surface area contributed by atoms with Gasteiger partial charge >= 0.3 is 5.97 Å². The largest absolute Gasteiger partial charge is 0.462 e. The summed E-state index contributed by atoms with van der Waals surface area (Å²) in [6.45, 7) is 3.40. The molecule has 2 heterocycles. The van der Waals surface area contributed by atoms with Gasteiger partial charge in [0.2, 0.25) is 15.9 Å². The molecular formula is C29H29N5O6S2. The Labute approximate surface area is 247 Å². The maximum Gasteiger partial charge on any atom is 0.338 e. The number of para-hydroxylation sites is 1. The van der Waals surface area contributed by atoms with Crippen LogP contribution in [0.2, 0.25) is 0 Å². The summed E-state index contributed by atoms with van der Waals surface area (Å²) in [7, 11) is -3.63. The van der Waals surface area contributed by atoms with E-state index in [2.05, 4.69) is 15.5 Å². The minimum atomic E-state index is -3.63. The number of hydrogen-bond acceptors (Lipinski definition) is 9. The molecule has 42 heavy (non-hydrogen) atoms. The molecule has 5 rings (SSSR count). The zero-order chi connectivity index (χ0) is 29.5. The number of amides is 1. The second kappa shape index (κ2) is 13.3. The minimum Gasteiger partial charge on any atom is -0.462 e. The summed E-state index contributed by atoms with van der Waals surface area (Å²) in [6.07, 6.45) is 0. The van der Waals surface area contributed by atoms with Gasteiger partial charge in [-0.2, -0.15) is 4.31 Å². The van der Waals surface area contributed by atoms with Crippen molar-refractivity contribution in [1.29, 1.82) is 0 Å². The second-order valence-corrected chi connectivity index (χ2v) is 12.0. The molecule has 3 aromatic carbocycles. The summed E-state index contributed by atoms with van der Waals surface area (Å²) < 4.78 is 39.6. The summed E-state index contributed by atoms with van der Waals surface area (Å²) in [5, 5.41) is 12.0. The van der Waals surface area contributed by atoms with Crippen LogP contribution in [0.5, 0.6) is 0 Å². The molecule has 1 aliphatic heterocycles. The van der Waals surface area contributed by atoms with E-state index in [0.717, 1.165) is 5.69 Å². The average molecular weight is 608 g/mol. The number of rotatable bonds is 10. The van der Waals surface area contributed by atoms with Crippen LogP contribution in [0.3, 0.4) is 0 Å². The zero-order valence-electron chi connectivity index (χ0n) is 22.8. The van der Waals surface area contributed by atoms with Crippen LogP contribution in [-0.2, 0) is 24.3 Å². The highest BCUT2D eigenvalue weighted by molar-refractivity contribution is 7.99. The highest BCUT2D eigenvalue weighted by atomic mass is 32.2. The monoisotopic (exact) mass is 607 g/mol. The van der Waals surface area contributed by atoms with Crippen LogP contribution in [0, 0.1) is 0 Å². The smallest absolute Gasteiger partial charge is 0.338 e. The van der Waals surface area contributed by atoms with Gasteiger partial charge in [-0.1, -0.05) is 30.0 Å². The van der Waals surface area contributed by atoms with E-state index >= 15 is 0 Å². The number of esters is 1. The number of sulfonamides is 1. The summed E-state index contributed by atoms with van der Waals surface area (Å²) >= 11 is 1.21. The van der Waals surface area contributed by atoms with Gasteiger partial charge in [0, 0.05) is 30.0 Å². The van der Waals surface area contributed by atoms with Crippen molar-refractivity contribution in [2.45, 2.75) is 17.0 Å². The fourth-order valence-electron chi connectivity index (χ4n) is 4.30. The average Bonchev–Trinajstić information content (AvgIpc) is 3.45. The first-order valence-electron chi connectivity index (χ1n) is 13.3. The number of anilines is 1. The van der Waals surface area contributed by atoms with Crippen LogP contribution in [0.1, 0.15) is 17.3 Å². The Balaban J connectivity index is 1.33. The Bertz CT molecular complexity index is 1640. The van der Waals surface area contributed by atoms with Crippen LogP contribution in [0.15, 0.2) is 88.9 Å². The van der Waals surface area contributed by atoms with Gasteiger partial charge in [0.15, 0.2) is 11.0 Å². The molecule has 0 saturated carbocycles. The molecule has 1 saturated heterocycles. The third kappa shape index (κ3) is 6.71. The molecule has 0 bridgehead atoms. The van der Waals surface area contributed by atoms with Crippen molar-refractivity contribution in [3.05, 3.63) is 84.4 Å². The highest BCUT2D eigenvalue weighted by Gasteiger charge is 2.26. The summed E-state index contributed by atoms with van der Waals surface area (Å²) in [5.41, 5.74) is 2.41. The molecule has 0 aliphatic carbocycles. The van der Waals surface area contributed by atoms with E-state index in [-0.39, 0.29) is 23.2 Å². The molecule has 1 fully saturated rings. The van der Waals surface area contributed by atoms with E-state index in [1.165, 1.54) is 16.1 Å². The Morgan fingerprint density at radius 1 is 0.952 bits per heavy atom. The van der Waals surface area contributed by atoms with E-state index in [0.29, 0.717) is 54.1 Å². The summed E-state index contributed by atoms with van der Waals surface area (Å²) in [4.78, 5) is 24.8. The Hall–Kier alpha value is -4.04. The molecule has 1 aromatic heterocycles. The first-order chi connectivity index (χ1) is 20.4. The number of hydrogen-bond donors (Lipinski definition) is 1. The molecular weight excluding hydrogens is 578 g/mol. The van der Waals surface area contributed by atoms with Crippen molar-refractivity contribution in [1.82, 2.24) is 19.1 Å². The number of nitrogens with zero attached hydrogens (tertiary/aromatic N) is 4. The number of morpholine rings is 1. The lowest BCUT2D eigenvalue weighted by molar-refractivity contribution is -0.113. The van der Waals surface area contributed by atoms with Crippen LogP contribution in [0.25, 0.3) is 17.1 Å². The lowest BCUT2D eigenvalue weighted by Crippen LogP contribution is -2.40. The van der Waals surface area contributed by atoms with E-state index < -0.39 is 16.0 Å². The number of carbonyl (C=O) groups excluding carboxylic acids is 2. The van der Waals surface area contributed by atoms with Crippen molar-refractivity contribution >= 4 is 39.3 Å². The van der Waals surface area contributed by atoms with Gasteiger partial charge in [0.25, 0.3) is 0 Å². The van der Waals surface area contributed by atoms with E-state index in [1.807, 2.05) is 34.9 Å². The number of thioether (sulfide) groups is 1. The molecule has 11 nitrogen and oxygen atoms in total. The fourth-order valence-corrected chi connectivity index (χ4v) is 6.46. The molecule has 13 heteroatoms. The van der Waals surface area contributed by atoms with Crippen LogP contribution in [-0.4, -0.2) is 78.0 Å². The maximum absolute atomic E-state index is 13.1. The predicted octanol–water partition coefficient (Wildman–Crippen LogP) is 3.86. The second-order valence-electron chi connectivity index (χ2n) is 9.15. The van der Waals surface area contributed by atoms with Crippen LogP contribution >= 0.6 is 11.8 Å². The first kappa shape index (κ1) is 29.5.